The zero-order valence-electron chi connectivity index (χ0n) is 9.18. The van der Waals surface area contributed by atoms with Crippen molar-refractivity contribution in [2.45, 2.75) is 25.4 Å². The summed E-state index contributed by atoms with van der Waals surface area (Å²) in [7, 11) is -4.09. The normalized spacial score (nSPS) is 19.3. The third-order valence-corrected chi connectivity index (χ3v) is 3.78. The molecule has 0 atom stereocenters. The highest BCUT2D eigenvalue weighted by molar-refractivity contribution is 7.87. The molecule has 1 aliphatic rings. The molecule has 1 rings (SSSR count). The van der Waals surface area contributed by atoms with Crippen LogP contribution in [0.4, 0.5) is 13.2 Å². The predicted octanol–water partition coefficient (Wildman–Crippen LogP) is 0.102. The minimum atomic E-state index is -4.55. The van der Waals surface area contributed by atoms with Gasteiger partial charge in [0, 0.05) is 6.54 Å². The molecule has 5 nitrogen and oxygen atoms in total. The summed E-state index contributed by atoms with van der Waals surface area (Å²) in [6.45, 7) is -0.985. The summed E-state index contributed by atoms with van der Waals surface area (Å²) < 4.78 is 61.4. The van der Waals surface area contributed by atoms with Crippen LogP contribution in [0.2, 0.25) is 0 Å². The summed E-state index contributed by atoms with van der Waals surface area (Å²) in [5.74, 6) is 0. The van der Waals surface area contributed by atoms with E-state index in [1.54, 1.807) is 0 Å². The third-order valence-electron chi connectivity index (χ3n) is 2.73. The van der Waals surface area contributed by atoms with Crippen molar-refractivity contribution in [3.8, 4) is 0 Å². The number of hydrogen-bond donors (Lipinski definition) is 3. The van der Waals surface area contributed by atoms with Gasteiger partial charge in [-0.25, -0.2) is 4.72 Å². The Kier molecular flexibility index (Phi) is 4.39. The molecule has 0 aromatic rings. The van der Waals surface area contributed by atoms with Gasteiger partial charge in [-0.15, -0.1) is 0 Å². The van der Waals surface area contributed by atoms with Crippen molar-refractivity contribution < 1.29 is 21.6 Å². The molecule has 9 heteroatoms. The molecule has 0 aliphatic heterocycles. The maximum absolute atomic E-state index is 11.8. The fourth-order valence-corrected chi connectivity index (χ4v) is 2.43. The number of alkyl halides is 3. The van der Waals surface area contributed by atoms with Crippen LogP contribution >= 0.6 is 0 Å². The Balaban J connectivity index is 2.35. The third kappa shape index (κ3) is 5.66. The van der Waals surface area contributed by atoms with E-state index in [0.29, 0.717) is 13.0 Å². The molecule has 0 amide bonds. The van der Waals surface area contributed by atoms with E-state index in [-0.39, 0.29) is 12.0 Å². The van der Waals surface area contributed by atoms with Crippen LogP contribution in [0.3, 0.4) is 0 Å². The molecule has 102 valence electrons. The lowest BCUT2D eigenvalue weighted by molar-refractivity contribution is -0.121. The van der Waals surface area contributed by atoms with Gasteiger partial charge in [0.05, 0.1) is 0 Å². The van der Waals surface area contributed by atoms with Crippen LogP contribution in [0, 0.1) is 5.41 Å². The summed E-state index contributed by atoms with van der Waals surface area (Å²) in [6, 6.07) is 0. The Morgan fingerprint density at radius 3 is 2.24 bits per heavy atom. The average Bonchev–Trinajstić information content (AvgIpc) is 2.93. The summed E-state index contributed by atoms with van der Waals surface area (Å²) in [5, 5.41) is 0. The predicted molar refractivity (Wildman–Crippen MR) is 56.3 cm³/mol. The van der Waals surface area contributed by atoms with Crippen molar-refractivity contribution in [2.75, 3.05) is 19.6 Å². The summed E-state index contributed by atoms with van der Waals surface area (Å²) in [5.41, 5.74) is 5.22. The molecule has 1 fully saturated rings. The second-order valence-electron chi connectivity index (χ2n) is 4.30. The molecule has 0 radical (unpaired) electrons. The number of nitrogens with one attached hydrogen (secondary N) is 2. The molecule has 0 aromatic heterocycles. The maximum atomic E-state index is 11.8. The highest BCUT2D eigenvalue weighted by Gasteiger charge is 2.42. The van der Waals surface area contributed by atoms with E-state index in [0.717, 1.165) is 12.8 Å². The van der Waals surface area contributed by atoms with E-state index in [1.807, 2.05) is 0 Å². The van der Waals surface area contributed by atoms with Crippen LogP contribution in [-0.2, 0) is 10.2 Å². The lowest BCUT2D eigenvalue weighted by atomic mass is 10.0. The summed E-state index contributed by atoms with van der Waals surface area (Å²) in [4.78, 5) is 0. The van der Waals surface area contributed by atoms with Crippen molar-refractivity contribution >= 4 is 10.2 Å². The average molecular weight is 275 g/mol. The number of hydrogen-bond acceptors (Lipinski definition) is 3. The lowest BCUT2D eigenvalue weighted by Gasteiger charge is -2.15. The molecule has 0 unspecified atom stereocenters. The monoisotopic (exact) mass is 275 g/mol. The van der Waals surface area contributed by atoms with Crippen molar-refractivity contribution in [1.82, 2.24) is 9.44 Å². The first kappa shape index (κ1) is 14.7. The van der Waals surface area contributed by atoms with E-state index >= 15 is 0 Å². The Morgan fingerprint density at radius 1 is 1.24 bits per heavy atom. The number of halogens is 3. The quantitative estimate of drug-likeness (QED) is 0.616. The highest BCUT2D eigenvalue weighted by atomic mass is 32.2. The molecule has 0 spiro atoms. The number of nitrogens with two attached hydrogens (primary N) is 1. The van der Waals surface area contributed by atoms with Gasteiger partial charge in [0.25, 0.3) is 10.2 Å². The minimum Gasteiger partial charge on any atom is -0.330 e. The molecule has 0 aromatic carbocycles. The molecule has 1 saturated carbocycles. The van der Waals surface area contributed by atoms with Gasteiger partial charge in [-0.1, -0.05) is 0 Å². The number of rotatable bonds is 7. The van der Waals surface area contributed by atoms with Gasteiger partial charge in [-0.2, -0.15) is 26.3 Å². The summed E-state index contributed by atoms with van der Waals surface area (Å²) >= 11 is 0. The molecule has 0 bridgehead atoms. The zero-order valence-corrected chi connectivity index (χ0v) is 10.00. The molecule has 0 saturated heterocycles. The van der Waals surface area contributed by atoms with E-state index < -0.39 is 22.9 Å². The van der Waals surface area contributed by atoms with E-state index in [1.165, 1.54) is 4.72 Å². The van der Waals surface area contributed by atoms with Crippen LogP contribution in [0.15, 0.2) is 0 Å². The zero-order chi connectivity index (χ0) is 13.2. The standard InChI is InChI=1S/C8H16F3N3O2S/c9-8(10,11)6-14-17(15,16)13-5-7(1-2-7)3-4-12/h13-14H,1-6,12H2. The van der Waals surface area contributed by atoms with E-state index in [4.69, 9.17) is 5.73 Å². The van der Waals surface area contributed by atoms with Gasteiger partial charge >= 0.3 is 6.18 Å². The second-order valence-corrected chi connectivity index (χ2v) is 5.88. The van der Waals surface area contributed by atoms with Gasteiger partial charge in [-0.3, -0.25) is 0 Å². The molecule has 0 heterocycles. The maximum Gasteiger partial charge on any atom is 0.402 e. The van der Waals surface area contributed by atoms with Gasteiger partial charge in [0.15, 0.2) is 0 Å². The first-order valence-corrected chi connectivity index (χ1v) is 6.67. The minimum absolute atomic E-state index is 0.136. The highest BCUT2D eigenvalue weighted by Crippen LogP contribution is 2.47. The Bertz CT molecular complexity index is 352. The second kappa shape index (κ2) is 5.09. The first-order chi connectivity index (χ1) is 7.68. The largest absolute Gasteiger partial charge is 0.402 e. The smallest absolute Gasteiger partial charge is 0.330 e. The molecule has 17 heavy (non-hydrogen) atoms. The Hall–Kier alpha value is -0.380. The molecule has 4 N–H and O–H groups in total. The van der Waals surface area contributed by atoms with Gasteiger partial charge in [-0.05, 0) is 31.2 Å². The van der Waals surface area contributed by atoms with E-state index in [9.17, 15) is 21.6 Å². The van der Waals surface area contributed by atoms with Crippen molar-refractivity contribution in [3.05, 3.63) is 0 Å². The van der Waals surface area contributed by atoms with Crippen LogP contribution < -0.4 is 15.2 Å². The van der Waals surface area contributed by atoms with Gasteiger partial charge in [0.2, 0.25) is 0 Å². The van der Waals surface area contributed by atoms with Crippen molar-refractivity contribution in [1.29, 1.82) is 0 Å². The van der Waals surface area contributed by atoms with Crippen molar-refractivity contribution in [2.24, 2.45) is 11.1 Å². The van der Waals surface area contributed by atoms with Crippen molar-refractivity contribution in [3.63, 3.8) is 0 Å². The fourth-order valence-electron chi connectivity index (χ4n) is 1.47. The van der Waals surface area contributed by atoms with E-state index in [2.05, 4.69) is 4.72 Å². The fraction of sp³-hybridized carbons (Fsp3) is 1.00. The molecule has 1 aliphatic carbocycles. The molecular formula is C8H16F3N3O2S. The Morgan fingerprint density at radius 2 is 1.82 bits per heavy atom. The van der Waals surface area contributed by atoms with Crippen LogP contribution in [0.5, 0.6) is 0 Å². The topological polar surface area (TPSA) is 84.2 Å². The van der Waals surface area contributed by atoms with Crippen LogP contribution in [0.1, 0.15) is 19.3 Å². The van der Waals surface area contributed by atoms with Crippen LogP contribution in [-0.4, -0.2) is 34.2 Å². The lowest BCUT2D eigenvalue weighted by Crippen LogP contribution is -2.43. The van der Waals surface area contributed by atoms with Gasteiger partial charge in [0.1, 0.15) is 6.54 Å². The van der Waals surface area contributed by atoms with Gasteiger partial charge < -0.3 is 5.73 Å². The molecular weight excluding hydrogens is 259 g/mol. The first-order valence-electron chi connectivity index (χ1n) is 5.19. The SMILES string of the molecule is NCCC1(CNS(=O)(=O)NCC(F)(F)F)CC1. The van der Waals surface area contributed by atoms with Crippen LogP contribution in [0.25, 0.3) is 0 Å². The summed E-state index contributed by atoms with van der Waals surface area (Å²) in [6.07, 6.45) is -2.17. The Labute approximate surface area is 98.1 Å².